The number of carbonyl (C=O) groups is 1. The number of nitrogens with zero attached hydrogens (tertiary/aromatic N) is 1. The van der Waals surface area contributed by atoms with Crippen LogP contribution >= 0.6 is 0 Å². The Morgan fingerprint density at radius 2 is 2.31 bits per heavy atom. The third kappa shape index (κ3) is 4.70. The first-order valence-corrected chi connectivity index (χ1v) is 5.10. The van der Waals surface area contributed by atoms with Crippen LogP contribution < -0.4 is 5.32 Å². The number of pyridine rings is 1. The van der Waals surface area contributed by atoms with E-state index in [0.717, 1.165) is 16.8 Å². The van der Waals surface area contributed by atoms with Crippen LogP contribution in [0.3, 0.4) is 0 Å². The molecule has 0 radical (unpaired) electrons. The van der Waals surface area contributed by atoms with Crippen LogP contribution in [0, 0.1) is 6.92 Å². The molecular formula is C12H16N2O2. The molecule has 1 aromatic rings. The summed E-state index contributed by atoms with van der Waals surface area (Å²) in [7, 11) is 0. The van der Waals surface area contributed by atoms with Gasteiger partial charge in [0.2, 0.25) is 0 Å². The van der Waals surface area contributed by atoms with Crippen molar-refractivity contribution in [1.82, 2.24) is 10.3 Å². The maximum absolute atomic E-state index is 10.4. The van der Waals surface area contributed by atoms with Crippen LogP contribution in [-0.2, 0) is 11.3 Å². The number of carboxylic acids is 1. The van der Waals surface area contributed by atoms with Crippen LogP contribution in [0.2, 0.25) is 0 Å². The molecule has 0 aromatic carbocycles. The minimum Gasteiger partial charge on any atom is -0.478 e. The molecule has 0 fully saturated rings. The van der Waals surface area contributed by atoms with Gasteiger partial charge in [0.1, 0.15) is 0 Å². The molecule has 0 aliphatic carbocycles. The average Bonchev–Trinajstić information content (AvgIpc) is 2.20. The first-order chi connectivity index (χ1) is 7.58. The number of hydrogen-bond donors (Lipinski definition) is 2. The van der Waals surface area contributed by atoms with Crippen molar-refractivity contribution in [2.24, 2.45) is 0 Å². The molecule has 4 heteroatoms. The third-order valence-corrected chi connectivity index (χ3v) is 2.08. The van der Waals surface area contributed by atoms with Crippen LogP contribution in [0.15, 0.2) is 30.0 Å². The van der Waals surface area contributed by atoms with E-state index >= 15 is 0 Å². The molecular weight excluding hydrogens is 204 g/mol. The highest BCUT2D eigenvalue weighted by molar-refractivity contribution is 5.80. The Morgan fingerprint density at radius 1 is 1.56 bits per heavy atom. The zero-order chi connectivity index (χ0) is 12.0. The first kappa shape index (κ1) is 12.4. The van der Waals surface area contributed by atoms with Crippen molar-refractivity contribution in [3.8, 4) is 0 Å². The van der Waals surface area contributed by atoms with Crippen molar-refractivity contribution in [1.29, 1.82) is 0 Å². The van der Waals surface area contributed by atoms with E-state index in [1.165, 1.54) is 6.08 Å². The van der Waals surface area contributed by atoms with E-state index in [1.807, 2.05) is 25.3 Å². The zero-order valence-corrected chi connectivity index (χ0v) is 9.53. The lowest BCUT2D eigenvalue weighted by Gasteiger charge is -2.04. The standard InChI is InChI=1S/C12H16N2O2/c1-9(5-12(15)16)6-13-7-11-4-3-10(2)14-8-11/h3-5,8,13H,6-7H2,1-2H3,(H,15,16)/b9-5-. The Bertz CT molecular complexity index is 383. The van der Waals surface area contributed by atoms with Gasteiger partial charge >= 0.3 is 5.97 Å². The molecule has 0 aliphatic rings. The maximum atomic E-state index is 10.4. The van der Waals surface area contributed by atoms with Gasteiger partial charge in [-0.15, -0.1) is 0 Å². The molecule has 16 heavy (non-hydrogen) atoms. The van der Waals surface area contributed by atoms with Gasteiger partial charge in [0, 0.05) is 31.1 Å². The van der Waals surface area contributed by atoms with Gasteiger partial charge < -0.3 is 10.4 Å². The predicted octanol–water partition coefficient (Wildman–Crippen LogP) is 1.51. The first-order valence-electron chi connectivity index (χ1n) is 5.10. The summed E-state index contributed by atoms with van der Waals surface area (Å²) >= 11 is 0. The van der Waals surface area contributed by atoms with Gasteiger partial charge in [-0.1, -0.05) is 11.6 Å². The lowest BCUT2D eigenvalue weighted by Crippen LogP contribution is -2.16. The lowest BCUT2D eigenvalue weighted by atomic mass is 10.2. The van der Waals surface area contributed by atoms with Crippen LogP contribution in [0.5, 0.6) is 0 Å². The van der Waals surface area contributed by atoms with Crippen LogP contribution in [0.25, 0.3) is 0 Å². The Hall–Kier alpha value is -1.68. The van der Waals surface area contributed by atoms with Gasteiger partial charge in [-0.3, -0.25) is 4.98 Å². The highest BCUT2D eigenvalue weighted by Crippen LogP contribution is 1.99. The summed E-state index contributed by atoms with van der Waals surface area (Å²) in [5, 5.41) is 11.7. The van der Waals surface area contributed by atoms with Crippen LogP contribution in [0.1, 0.15) is 18.2 Å². The number of aryl methyl sites for hydroxylation is 1. The minimum atomic E-state index is -0.906. The normalized spacial score (nSPS) is 11.5. The summed E-state index contributed by atoms with van der Waals surface area (Å²) in [5.74, 6) is -0.906. The molecule has 0 unspecified atom stereocenters. The number of hydrogen-bond acceptors (Lipinski definition) is 3. The van der Waals surface area contributed by atoms with E-state index < -0.39 is 5.97 Å². The molecule has 0 saturated heterocycles. The fraction of sp³-hybridized carbons (Fsp3) is 0.333. The van der Waals surface area contributed by atoms with Crippen molar-refractivity contribution in [3.05, 3.63) is 41.2 Å². The summed E-state index contributed by atoms with van der Waals surface area (Å²) in [6, 6.07) is 3.96. The summed E-state index contributed by atoms with van der Waals surface area (Å²) in [6.45, 7) is 4.99. The van der Waals surface area contributed by atoms with E-state index in [1.54, 1.807) is 6.92 Å². The molecule has 2 N–H and O–H groups in total. The van der Waals surface area contributed by atoms with E-state index in [0.29, 0.717) is 13.1 Å². The molecule has 1 rings (SSSR count). The monoisotopic (exact) mass is 220 g/mol. The van der Waals surface area contributed by atoms with Crippen molar-refractivity contribution >= 4 is 5.97 Å². The summed E-state index contributed by atoms with van der Waals surface area (Å²) in [6.07, 6.45) is 3.03. The summed E-state index contributed by atoms with van der Waals surface area (Å²) in [5.41, 5.74) is 2.88. The Morgan fingerprint density at radius 3 is 2.88 bits per heavy atom. The highest BCUT2D eigenvalue weighted by atomic mass is 16.4. The van der Waals surface area contributed by atoms with Gasteiger partial charge in [0.15, 0.2) is 0 Å². The van der Waals surface area contributed by atoms with Crippen molar-refractivity contribution in [2.45, 2.75) is 20.4 Å². The molecule has 0 spiro atoms. The Kier molecular flexibility index (Phi) is 4.66. The van der Waals surface area contributed by atoms with E-state index in [2.05, 4.69) is 10.3 Å². The summed E-state index contributed by atoms with van der Waals surface area (Å²) < 4.78 is 0. The van der Waals surface area contributed by atoms with Gasteiger partial charge in [-0.05, 0) is 25.5 Å². The predicted molar refractivity (Wildman–Crippen MR) is 62.1 cm³/mol. The smallest absolute Gasteiger partial charge is 0.328 e. The van der Waals surface area contributed by atoms with Crippen LogP contribution in [0.4, 0.5) is 0 Å². The fourth-order valence-electron chi connectivity index (χ4n) is 1.27. The van der Waals surface area contributed by atoms with E-state index in [9.17, 15) is 4.79 Å². The molecule has 1 aromatic heterocycles. The van der Waals surface area contributed by atoms with Gasteiger partial charge in [-0.2, -0.15) is 0 Å². The second kappa shape index (κ2) is 6.02. The number of carboxylic acid groups (broad SMARTS) is 1. The van der Waals surface area contributed by atoms with E-state index in [-0.39, 0.29) is 0 Å². The quantitative estimate of drug-likeness (QED) is 0.738. The molecule has 86 valence electrons. The third-order valence-electron chi connectivity index (χ3n) is 2.08. The van der Waals surface area contributed by atoms with Gasteiger partial charge in [-0.25, -0.2) is 4.79 Å². The average molecular weight is 220 g/mol. The van der Waals surface area contributed by atoms with Crippen molar-refractivity contribution in [3.63, 3.8) is 0 Å². The zero-order valence-electron chi connectivity index (χ0n) is 9.53. The fourth-order valence-corrected chi connectivity index (χ4v) is 1.27. The Labute approximate surface area is 95.0 Å². The Balaban J connectivity index is 2.36. The second-order valence-electron chi connectivity index (χ2n) is 3.74. The SMILES string of the molecule is C/C(=C/C(=O)O)CNCc1ccc(C)nc1. The highest BCUT2D eigenvalue weighted by Gasteiger charge is 1.96. The maximum Gasteiger partial charge on any atom is 0.328 e. The molecule has 0 atom stereocenters. The van der Waals surface area contributed by atoms with Gasteiger partial charge in [0.25, 0.3) is 0 Å². The minimum absolute atomic E-state index is 0.570. The molecule has 0 aliphatic heterocycles. The van der Waals surface area contributed by atoms with Gasteiger partial charge in [0.05, 0.1) is 0 Å². The lowest BCUT2D eigenvalue weighted by molar-refractivity contribution is -0.131. The topological polar surface area (TPSA) is 62.2 Å². The summed E-state index contributed by atoms with van der Waals surface area (Å²) in [4.78, 5) is 14.5. The molecule has 4 nitrogen and oxygen atoms in total. The van der Waals surface area contributed by atoms with Crippen molar-refractivity contribution in [2.75, 3.05) is 6.54 Å². The molecule has 0 bridgehead atoms. The van der Waals surface area contributed by atoms with Crippen LogP contribution in [-0.4, -0.2) is 22.6 Å². The van der Waals surface area contributed by atoms with E-state index in [4.69, 9.17) is 5.11 Å². The number of nitrogens with one attached hydrogen (secondary N) is 1. The van der Waals surface area contributed by atoms with Crippen molar-refractivity contribution < 1.29 is 9.90 Å². The second-order valence-corrected chi connectivity index (χ2v) is 3.74. The number of rotatable bonds is 5. The number of aliphatic carboxylic acids is 1. The molecule has 0 saturated carbocycles. The molecule has 1 heterocycles. The molecule has 0 amide bonds. The largest absolute Gasteiger partial charge is 0.478 e. The number of aromatic nitrogens is 1.